The zero-order valence-electron chi connectivity index (χ0n) is 21.0. The number of nitriles is 1. The van der Waals surface area contributed by atoms with Crippen LogP contribution in [0.25, 0.3) is 0 Å². The Morgan fingerprint density at radius 2 is 2.05 bits per heavy atom. The van der Waals surface area contributed by atoms with Crippen LogP contribution in [0.3, 0.4) is 0 Å². The van der Waals surface area contributed by atoms with E-state index >= 15 is 0 Å². The van der Waals surface area contributed by atoms with Gasteiger partial charge in [0.1, 0.15) is 11.1 Å². The fourth-order valence-electron chi connectivity index (χ4n) is 3.48. The van der Waals surface area contributed by atoms with E-state index in [1.165, 1.54) is 13.3 Å². The van der Waals surface area contributed by atoms with Crippen LogP contribution in [0.1, 0.15) is 22.4 Å². The van der Waals surface area contributed by atoms with Gasteiger partial charge in [-0.2, -0.15) is 10.4 Å². The van der Waals surface area contributed by atoms with Gasteiger partial charge in [-0.1, -0.05) is 11.8 Å². The third-order valence-electron chi connectivity index (χ3n) is 5.25. The van der Waals surface area contributed by atoms with Crippen molar-refractivity contribution >= 4 is 29.8 Å². The minimum absolute atomic E-state index is 0.0299. The molecule has 12 heteroatoms. The van der Waals surface area contributed by atoms with Crippen molar-refractivity contribution in [2.45, 2.75) is 18.6 Å². The molecule has 1 aromatic heterocycles. The number of ether oxygens (including phenoxy) is 4. The Kier molecular flexibility index (Phi) is 10.7. The van der Waals surface area contributed by atoms with Crippen molar-refractivity contribution in [3.05, 3.63) is 46.6 Å². The Balaban J connectivity index is 1.53. The van der Waals surface area contributed by atoms with Gasteiger partial charge in [-0.3, -0.25) is 9.59 Å². The molecule has 11 nitrogen and oxygen atoms in total. The molecule has 0 atom stereocenters. The Morgan fingerprint density at radius 3 is 2.76 bits per heavy atom. The maximum absolute atomic E-state index is 12.3. The first-order valence-corrected chi connectivity index (χ1v) is 12.4. The lowest BCUT2D eigenvalue weighted by atomic mass is 10.1. The molecule has 1 aromatic carbocycles. The number of nitrogens with one attached hydrogen (secondary N) is 1. The number of pyridine rings is 1. The summed E-state index contributed by atoms with van der Waals surface area (Å²) in [5, 5.41) is 14.0. The fourth-order valence-corrected chi connectivity index (χ4v) is 4.34. The number of amides is 2. The molecular formula is C25H29N5O6S. The summed E-state index contributed by atoms with van der Waals surface area (Å²) in [5.74, 6) is 0.419. The van der Waals surface area contributed by atoms with Gasteiger partial charge in [-0.05, 0) is 42.3 Å². The monoisotopic (exact) mass is 527 g/mol. The number of nitrogens with zero attached hydrogens (tertiary/aromatic N) is 4. The van der Waals surface area contributed by atoms with E-state index in [4.69, 9.17) is 18.9 Å². The number of methoxy groups -OCH3 is 2. The molecule has 0 aliphatic carbocycles. The molecule has 0 bridgehead atoms. The van der Waals surface area contributed by atoms with Crippen LogP contribution < -0.4 is 14.9 Å². The Morgan fingerprint density at radius 1 is 1.27 bits per heavy atom. The van der Waals surface area contributed by atoms with Crippen LogP contribution in [0.5, 0.6) is 11.5 Å². The van der Waals surface area contributed by atoms with Crippen molar-refractivity contribution in [2.24, 2.45) is 5.10 Å². The average molecular weight is 528 g/mol. The van der Waals surface area contributed by atoms with Gasteiger partial charge in [0.15, 0.2) is 18.1 Å². The van der Waals surface area contributed by atoms with Crippen LogP contribution in [0.2, 0.25) is 0 Å². The van der Waals surface area contributed by atoms with Crippen LogP contribution in [0.15, 0.2) is 34.4 Å². The van der Waals surface area contributed by atoms with E-state index in [0.29, 0.717) is 54.0 Å². The Bertz CT molecular complexity index is 1180. The van der Waals surface area contributed by atoms with E-state index in [9.17, 15) is 14.9 Å². The lowest BCUT2D eigenvalue weighted by Gasteiger charge is -2.26. The summed E-state index contributed by atoms with van der Waals surface area (Å²) in [6.07, 6.45) is 1.47. The van der Waals surface area contributed by atoms with E-state index in [1.54, 1.807) is 36.3 Å². The van der Waals surface area contributed by atoms with Crippen LogP contribution in [0.4, 0.5) is 0 Å². The minimum Gasteiger partial charge on any atom is -0.493 e. The summed E-state index contributed by atoms with van der Waals surface area (Å²) in [7, 11) is 3.05. The van der Waals surface area contributed by atoms with Crippen molar-refractivity contribution in [1.29, 1.82) is 5.26 Å². The quantitative estimate of drug-likeness (QED) is 0.264. The summed E-state index contributed by atoms with van der Waals surface area (Å²) < 4.78 is 21.4. The predicted molar refractivity (Wildman–Crippen MR) is 137 cm³/mol. The first-order valence-electron chi connectivity index (χ1n) is 11.5. The molecule has 0 spiro atoms. The highest BCUT2D eigenvalue weighted by molar-refractivity contribution is 8.00. The number of carbonyl (C=O) groups excluding carboxylic acids is 2. The molecule has 1 N–H and O–H groups in total. The first kappa shape index (κ1) is 27.9. The maximum atomic E-state index is 12.3. The zero-order chi connectivity index (χ0) is 26.6. The summed E-state index contributed by atoms with van der Waals surface area (Å²) in [6.45, 7) is 4.15. The molecule has 1 saturated heterocycles. The average Bonchev–Trinajstić information content (AvgIpc) is 2.91. The van der Waals surface area contributed by atoms with E-state index in [1.807, 2.05) is 6.92 Å². The molecule has 1 aliphatic rings. The lowest BCUT2D eigenvalue weighted by molar-refractivity contribution is -0.137. The van der Waals surface area contributed by atoms with Gasteiger partial charge in [0.25, 0.3) is 5.91 Å². The Hall–Kier alpha value is -3.66. The second-order valence-electron chi connectivity index (χ2n) is 7.92. The summed E-state index contributed by atoms with van der Waals surface area (Å²) in [6, 6.07) is 9.03. The van der Waals surface area contributed by atoms with Crippen LogP contribution >= 0.6 is 11.8 Å². The van der Waals surface area contributed by atoms with Crippen LogP contribution in [0, 0.1) is 18.3 Å². The number of hydrogen-bond donors (Lipinski definition) is 1. The summed E-state index contributed by atoms with van der Waals surface area (Å²) in [4.78, 5) is 30.7. The molecule has 3 rings (SSSR count). The van der Waals surface area contributed by atoms with Gasteiger partial charge in [0.2, 0.25) is 5.91 Å². The second-order valence-corrected chi connectivity index (χ2v) is 8.89. The normalized spacial score (nSPS) is 13.3. The zero-order valence-corrected chi connectivity index (χ0v) is 21.8. The van der Waals surface area contributed by atoms with Crippen molar-refractivity contribution in [2.75, 3.05) is 52.9 Å². The van der Waals surface area contributed by atoms with Gasteiger partial charge in [-0.15, -0.1) is 0 Å². The number of morpholine rings is 1. The van der Waals surface area contributed by atoms with Crippen molar-refractivity contribution in [3.8, 4) is 17.6 Å². The third kappa shape index (κ3) is 8.18. The number of thioether (sulfide) groups is 1. The molecule has 1 fully saturated rings. The number of rotatable bonds is 11. The van der Waals surface area contributed by atoms with Crippen molar-refractivity contribution < 1.29 is 28.5 Å². The van der Waals surface area contributed by atoms with Gasteiger partial charge >= 0.3 is 0 Å². The number of aromatic nitrogens is 1. The predicted octanol–water partition coefficient (Wildman–Crippen LogP) is 1.90. The lowest BCUT2D eigenvalue weighted by Crippen LogP contribution is -2.43. The molecule has 2 aromatic rings. The van der Waals surface area contributed by atoms with Gasteiger partial charge < -0.3 is 23.8 Å². The van der Waals surface area contributed by atoms with Gasteiger partial charge in [0.05, 0.1) is 44.5 Å². The summed E-state index contributed by atoms with van der Waals surface area (Å²) >= 11 is 1.16. The standard InChI is InChI=1S/C25H29N5O6S/c1-17-10-19(14-33-2)20(12-26)25(28-17)37-16-23(31)29-27-13-18-4-5-21(22(11-18)34-3)36-15-24(32)30-6-8-35-9-7-30/h4-5,10-11,13H,6-9,14-16H2,1-3H3,(H,29,31)/b27-13+. The van der Waals surface area contributed by atoms with Crippen molar-refractivity contribution in [3.63, 3.8) is 0 Å². The van der Waals surface area contributed by atoms with E-state index < -0.39 is 0 Å². The third-order valence-corrected chi connectivity index (χ3v) is 6.23. The maximum Gasteiger partial charge on any atom is 0.260 e. The molecule has 0 radical (unpaired) electrons. The Labute approximate surface area is 219 Å². The smallest absolute Gasteiger partial charge is 0.260 e. The number of hydrazone groups is 1. The first-order chi connectivity index (χ1) is 17.9. The number of aryl methyl sites for hydroxylation is 1. The summed E-state index contributed by atoms with van der Waals surface area (Å²) in [5.41, 5.74) is 4.98. The second kappa shape index (κ2) is 14.2. The molecule has 2 heterocycles. The highest BCUT2D eigenvalue weighted by atomic mass is 32.2. The molecule has 0 unspecified atom stereocenters. The molecule has 0 saturated carbocycles. The van der Waals surface area contributed by atoms with E-state index in [0.717, 1.165) is 23.0 Å². The molecule has 196 valence electrons. The SMILES string of the molecule is COCc1cc(C)nc(SCC(=O)N/N=C/c2ccc(OCC(=O)N3CCOCC3)c(OC)c2)c1C#N. The largest absolute Gasteiger partial charge is 0.493 e. The number of hydrogen-bond acceptors (Lipinski definition) is 10. The molecule has 1 aliphatic heterocycles. The van der Waals surface area contributed by atoms with Crippen LogP contribution in [-0.2, 0) is 25.7 Å². The van der Waals surface area contributed by atoms with Gasteiger partial charge in [-0.25, -0.2) is 10.4 Å². The molecular weight excluding hydrogens is 498 g/mol. The number of carbonyl (C=O) groups is 2. The molecule has 37 heavy (non-hydrogen) atoms. The minimum atomic E-state index is -0.352. The van der Waals surface area contributed by atoms with E-state index in [2.05, 4.69) is 21.6 Å². The molecule has 2 amide bonds. The van der Waals surface area contributed by atoms with Crippen LogP contribution in [-0.4, -0.2) is 80.8 Å². The highest BCUT2D eigenvalue weighted by Crippen LogP contribution is 2.28. The number of benzene rings is 1. The fraction of sp³-hybridized carbons (Fsp3) is 0.400. The van der Waals surface area contributed by atoms with Crippen molar-refractivity contribution in [1.82, 2.24) is 15.3 Å². The topological polar surface area (TPSA) is 135 Å². The van der Waals surface area contributed by atoms with Gasteiger partial charge in [0, 0.05) is 25.9 Å². The van der Waals surface area contributed by atoms with E-state index in [-0.39, 0.29) is 30.8 Å². The highest BCUT2D eigenvalue weighted by Gasteiger charge is 2.18.